The monoisotopic (exact) mass is 426 g/mol. The topological polar surface area (TPSA) is 71.3 Å². The van der Waals surface area contributed by atoms with Gasteiger partial charge in [-0.05, 0) is 56.1 Å². The summed E-state index contributed by atoms with van der Waals surface area (Å²) < 4.78 is 17.0. The van der Waals surface area contributed by atoms with Crippen molar-refractivity contribution in [2.75, 3.05) is 51.3 Å². The van der Waals surface area contributed by atoms with Crippen LogP contribution in [0.3, 0.4) is 0 Å². The molecule has 168 valence electrons. The van der Waals surface area contributed by atoms with E-state index >= 15 is 0 Å². The summed E-state index contributed by atoms with van der Waals surface area (Å²) in [7, 11) is 0. The molecule has 1 unspecified atom stereocenters. The number of likely N-dealkylation sites (tertiary alicyclic amines) is 1. The summed E-state index contributed by atoms with van der Waals surface area (Å²) in [6.45, 7) is 8.69. The Hall–Kier alpha value is -2.67. The number of hydrogen-bond acceptors (Lipinski definition) is 5. The average Bonchev–Trinajstić information content (AvgIpc) is 3.40. The van der Waals surface area contributed by atoms with Crippen molar-refractivity contribution in [3.63, 3.8) is 0 Å². The van der Waals surface area contributed by atoms with Crippen LogP contribution >= 0.6 is 0 Å². The summed E-state index contributed by atoms with van der Waals surface area (Å²) in [6, 6.07) is 9.88. The largest absolute Gasteiger partial charge is 0.490 e. The minimum atomic E-state index is 0.610. The maximum Gasteiger partial charge on any atom is 0.195 e. The van der Waals surface area contributed by atoms with Crippen LogP contribution in [0.5, 0.6) is 11.5 Å². The Morgan fingerprint density at radius 3 is 2.94 bits per heavy atom. The summed E-state index contributed by atoms with van der Waals surface area (Å²) in [6.07, 6.45) is 5.84. The Kier molecular flexibility index (Phi) is 7.71. The molecule has 2 N–H and O–H groups in total. The zero-order valence-corrected chi connectivity index (χ0v) is 18.4. The molecular weight excluding hydrogens is 392 g/mol. The lowest BCUT2D eigenvalue weighted by Gasteiger charge is -2.16. The van der Waals surface area contributed by atoms with Crippen molar-refractivity contribution in [3.05, 3.63) is 42.4 Å². The van der Waals surface area contributed by atoms with Gasteiger partial charge in [0.2, 0.25) is 0 Å². The first-order valence-corrected chi connectivity index (χ1v) is 11.5. The highest BCUT2D eigenvalue weighted by Crippen LogP contribution is 2.32. The predicted octanol–water partition coefficient (Wildman–Crippen LogP) is 3.77. The van der Waals surface area contributed by atoms with Gasteiger partial charge in [-0.25, -0.2) is 0 Å². The number of guanidine groups is 1. The number of furan rings is 1. The second kappa shape index (κ2) is 11.1. The normalized spacial score (nSPS) is 19.3. The maximum absolute atomic E-state index is 5.83. The highest BCUT2D eigenvalue weighted by atomic mass is 16.5. The van der Waals surface area contributed by atoms with Crippen LogP contribution in [0, 0.1) is 5.92 Å². The van der Waals surface area contributed by atoms with E-state index in [1.165, 1.54) is 25.9 Å². The molecule has 1 aromatic carbocycles. The second-order valence-electron chi connectivity index (χ2n) is 8.24. The molecular formula is C24H34N4O3. The fraction of sp³-hybridized carbons (Fsp3) is 0.542. The molecule has 7 heteroatoms. The van der Waals surface area contributed by atoms with E-state index in [1.807, 2.05) is 30.3 Å². The van der Waals surface area contributed by atoms with Gasteiger partial charge in [-0.1, -0.05) is 6.92 Å². The molecule has 1 aromatic heterocycles. The number of ether oxygens (including phenoxy) is 2. The van der Waals surface area contributed by atoms with Gasteiger partial charge in [-0.2, -0.15) is 0 Å². The molecule has 3 heterocycles. The lowest BCUT2D eigenvalue weighted by atomic mass is 10.1. The number of anilines is 1. The van der Waals surface area contributed by atoms with Gasteiger partial charge >= 0.3 is 0 Å². The molecule has 7 nitrogen and oxygen atoms in total. The van der Waals surface area contributed by atoms with E-state index in [9.17, 15) is 0 Å². The van der Waals surface area contributed by atoms with Gasteiger partial charge in [0.15, 0.2) is 17.5 Å². The van der Waals surface area contributed by atoms with Gasteiger partial charge in [-0.15, -0.1) is 0 Å². The molecule has 0 spiro atoms. The van der Waals surface area contributed by atoms with Crippen molar-refractivity contribution < 1.29 is 13.9 Å². The standard InChI is InChI=1S/C24H34N4O3/c1-2-11-28-12-9-19(18-28)17-26-24(25-10-8-21-5-3-13-29-21)27-20-6-7-22-23(16-20)31-15-4-14-30-22/h3,5-7,13,16,19H,2,4,8-12,14-15,17-18H2,1H3,(H2,25,26,27). The smallest absolute Gasteiger partial charge is 0.195 e. The van der Waals surface area contributed by atoms with Gasteiger partial charge in [0.1, 0.15) is 5.76 Å². The first-order valence-electron chi connectivity index (χ1n) is 11.5. The molecule has 0 radical (unpaired) electrons. The third kappa shape index (κ3) is 6.40. The number of nitrogens with one attached hydrogen (secondary N) is 2. The van der Waals surface area contributed by atoms with Crippen molar-refractivity contribution in [3.8, 4) is 11.5 Å². The van der Waals surface area contributed by atoms with Crippen LogP contribution < -0.4 is 20.1 Å². The lowest BCUT2D eigenvalue weighted by Crippen LogP contribution is -2.33. The molecule has 2 aliphatic heterocycles. The summed E-state index contributed by atoms with van der Waals surface area (Å²) in [4.78, 5) is 7.45. The van der Waals surface area contributed by atoms with Crippen LogP contribution in [-0.4, -0.2) is 56.8 Å². The summed E-state index contributed by atoms with van der Waals surface area (Å²) in [5.74, 6) is 3.94. The SMILES string of the molecule is CCCN1CCC(CN=C(NCCc2ccco2)Nc2ccc3c(c2)OCCCO3)C1. The minimum Gasteiger partial charge on any atom is -0.490 e. The molecule has 0 bridgehead atoms. The Morgan fingerprint density at radius 1 is 1.19 bits per heavy atom. The molecule has 31 heavy (non-hydrogen) atoms. The number of fused-ring (bicyclic) bond motifs is 1. The van der Waals surface area contributed by atoms with Crippen molar-refractivity contribution in [2.24, 2.45) is 10.9 Å². The van der Waals surface area contributed by atoms with E-state index in [2.05, 4.69) is 22.5 Å². The fourth-order valence-electron chi connectivity index (χ4n) is 4.08. The second-order valence-corrected chi connectivity index (χ2v) is 8.24. The number of aliphatic imine (C=N–C) groups is 1. The molecule has 2 aliphatic rings. The van der Waals surface area contributed by atoms with Gasteiger partial charge in [-0.3, -0.25) is 4.99 Å². The zero-order chi connectivity index (χ0) is 21.3. The molecule has 1 saturated heterocycles. The van der Waals surface area contributed by atoms with E-state index in [0.717, 1.165) is 61.4 Å². The number of rotatable bonds is 8. The van der Waals surface area contributed by atoms with E-state index in [4.69, 9.17) is 18.9 Å². The van der Waals surface area contributed by atoms with Gasteiger partial charge in [0.05, 0.1) is 19.5 Å². The minimum absolute atomic E-state index is 0.610. The van der Waals surface area contributed by atoms with Gasteiger partial charge < -0.3 is 29.4 Å². The van der Waals surface area contributed by atoms with Crippen LogP contribution in [0.25, 0.3) is 0 Å². The zero-order valence-electron chi connectivity index (χ0n) is 18.4. The number of benzene rings is 1. The summed E-state index contributed by atoms with van der Waals surface area (Å²) >= 11 is 0. The first kappa shape index (κ1) is 21.6. The molecule has 1 fully saturated rings. The number of nitrogens with zero attached hydrogens (tertiary/aromatic N) is 2. The third-order valence-electron chi connectivity index (χ3n) is 5.67. The first-order chi connectivity index (χ1) is 15.3. The van der Waals surface area contributed by atoms with Gasteiger partial charge in [0, 0.05) is 44.2 Å². The predicted molar refractivity (Wildman–Crippen MR) is 123 cm³/mol. The van der Waals surface area contributed by atoms with Crippen LogP contribution in [0.2, 0.25) is 0 Å². The Morgan fingerprint density at radius 2 is 2.10 bits per heavy atom. The summed E-state index contributed by atoms with van der Waals surface area (Å²) in [5, 5.41) is 6.90. The van der Waals surface area contributed by atoms with E-state index in [-0.39, 0.29) is 0 Å². The van der Waals surface area contributed by atoms with Crippen molar-refractivity contribution in [2.45, 2.75) is 32.6 Å². The van der Waals surface area contributed by atoms with E-state index in [0.29, 0.717) is 19.1 Å². The average molecular weight is 427 g/mol. The fourth-order valence-corrected chi connectivity index (χ4v) is 4.08. The molecule has 1 atom stereocenters. The van der Waals surface area contributed by atoms with Crippen molar-refractivity contribution >= 4 is 11.6 Å². The molecule has 0 saturated carbocycles. The van der Waals surface area contributed by atoms with Crippen LogP contribution in [0.15, 0.2) is 46.0 Å². The van der Waals surface area contributed by atoms with Crippen LogP contribution in [-0.2, 0) is 6.42 Å². The van der Waals surface area contributed by atoms with Crippen molar-refractivity contribution in [1.29, 1.82) is 0 Å². The molecule has 2 aromatic rings. The highest BCUT2D eigenvalue weighted by molar-refractivity contribution is 5.94. The Bertz CT molecular complexity index is 837. The van der Waals surface area contributed by atoms with Gasteiger partial charge in [0.25, 0.3) is 0 Å². The Balaban J connectivity index is 1.39. The van der Waals surface area contributed by atoms with E-state index in [1.54, 1.807) is 6.26 Å². The lowest BCUT2D eigenvalue weighted by molar-refractivity contribution is 0.297. The van der Waals surface area contributed by atoms with Crippen LogP contribution in [0.1, 0.15) is 31.9 Å². The number of hydrogen-bond donors (Lipinski definition) is 2. The summed E-state index contributed by atoms with van der Waals surface area (Å²) in [5.41, 5.74) is 0.938. The third-order valence-corrected chi connectivity index (χ3v) is 5.67. The highest BCUT2D eigenvalue weighted by Gasteiger charge is 2.21. The van der Waals surface area contributed by atoms with E-state index < -0.39 is 0 Å². The maximum atomic E-state index is 5.83. The molecule has 4 rings (SSSR count). The molecule has 0 aliphatic carbocycles. The molecule has 0 amide bonds. The quantitative estimate of drug-likeness (QED) is 0.495. The Labute approximate surface area is 184 Å². The van der Waals surface area contributed by atoms with Crippen molar-refractivity contribution in [1.82, 2.24) is 10.2 Å². The van der Waals surface area contributed by atoms with Crippen LogP contribution in [0.4, 0.5) is 5.69 Å².